The molecular weight excluding hydrogens is 613 g/mol. The highest BCUT2D eigenvalue weighted by molar-refractivity contribution is 5.64. The Bertz CT molecular complexity index is 1790. The zero-order valence-corrected chi connectivity index (χ0v) is 31.9. The van der Waals surface area contributed by atoms with E-state index in [4.69, 9.17) is 0 Å². The molecule has 0 bridgehead atoms. The van der Waals surface area contributed by atoms with Crippen LogP contribution in [0.4, 0.5) is 0 Å². The quantitative estimate of drug-likeness (QED) is 0.191. The van der Waals surface area contributed by atoms with E-state index in [1.54, 1.807) is 0 Å². The maximum atomic E-state index is 2.29. The standard InChI is InChI=1S/C19H22.C14H14.C11H12.C7H10/c1-3-5-14-19-17(4-2)12-9-13-18(19)15-16-10-7-6-8-11-16;1-11-3-7-13(8-4-11)14-9-5-12(2)6-10-14;1-9-5-4-7-10-6-2-3-8-11(9)10;1-7-5-3-2-4-6-7/h5-14H,3-4,15H2,1-2H3;3-10H,1-2H3;2-9,11H,1H3;2-3,5H,4,6H2,1H3/b14-5-;;;. The van der Waals surface area contributed by atoms with Crippen molar-refractivity contribution in [1.82, 2.24) is 0 Å². The van der Waals surface area contributed by atoms with Crippen LogP contribution in [0.15, 0.2) is 175 Å². The van der Waals surface area contributed by atoms with E-state index in [1.807, 2.05) is 0 Å². The average molecular weight is 671 g/mol. The summed E-state index contributed by atoms with van der Waals surface area (Å²) in [4.78, 5) is 0. The molecule has 4 aromatic rings. The number of fused-ring (bicyclic) bond motifs is 1. The fourth-order valence-electron chi connectivity index (χ4n) is 6.29. The highest BCUT2D eigenvalue weighted by atomic mass is 14.2. The summed E-state index contributed by atoms with van der Waals surface area (Å²) in [5, 5.41) is 0. The van der Waals surface area contributed by atoms with Crippen LogP contribution in [0.3, 0.4) is 0 Å². The van der Waals surface area contributed by atoms with Crippen molar-refractivity contribution in [3.05, 3.63) is 208 Å². The van der Waals surface area contributed by atoms with Crippen molar-refractivity contribution in [1.29, 1.82) is 0 Å². The second kappa shape index (κ2) is 21.3. The van der Waals surface area contributed by atoms with E-state index in [9.17, 15) is 0 Å². The third-order valence-electron chi connectivity index (χ3n) is 9.46. The predicted molar refractivity (Wildman–Crippen MR) is 226 cm³/mol. The molecule has 2 atom stereocenters. The molecule has 7 rings (SSSR count). The number of benzene rings is 4. The van der Waals surface area contributed by atoms with Crippen molar-refractivity contribution < 1.29 is 0 Å². The van der Waals surface area contributed by atoms with Gasteiger partial charge in [0.05, 0.1) is 0 Å². The molecule has 262 valence electrons. The Morgan fingerprint density at radius 3 is 1.86 bits per heavy atom. The van der Waals surface area contributed by atoms with Crippen molar-refractivity contribution in [3.8, 4) is 11.1 Å². The Balaban J connectivity index is 0.000000161. The summed E-state index contributed by atoms with van der Waals surface area (Å²) in [5.41, 5.74) is 13.8. The lowest BCUT2D eigenvalue weighted by Crippen LogP contribution is -2.12. The van der Waals surface area contributed by atoms with Gasteiger partial charge in [-0.3, -0.25) is 0 Å². The molecular formula is C51H58. The molecule has 3 aliphatic carbocycles. The molecule has 0 amide bonds. The van der Waals surface area contributed by atoms with Crippen LogP contribution in [0.5, 0.6) is 0 Å². The summed E-state index contributed by atoms with van der Waals surface area (Å²) in [6.07, 6.45) is 32.1. The van der Waals surface area contributed by atoms with Gasteiger partial charge in [0.1, 0.15) is 0 Å². The van der Waals surface area contributed by atoms with Crippen LogP contribution >= 0.6 is 0 Å². The summed E-state index contributed by atoms with van der Waals surface area (Å²) in [7, 11) is 0. The van der Waals surface area contributed by atoms with Gasteiger partial charge in [0.15, 0.2) is 0 Å². The van der Waals surface area contributed by atoms with Gasteiger partial charge in [0, 0.05) is 5.92 Å². The van der Waals surface area contributed by atoms with Crippen LogP contribution in [0.1, 0.15) is 80.3 Å². The van der Waals surface area contributed by atoms with E-state index in [0.29, 0.717) is 11.8 Å². The largest absolute Gasteiger partial charge is 0.0842 e. The highest BCUT2D eigenvalue weighted by Crippen LogP contribution is 2.30. The van der Waals surface area contributed by atoms with Crippen molar-refractivity contribution in [2.45, 2.75) is 73.6 Å². The summed E-state index contributed by atoms with van der Waals surface area (Å²) in [5.74, 6) is 1.29. The molecule has 0 saturated heterocycles. The van der Waals surface area contributed by atoms with E-state index in [1.165, 1.54) is 68.5 Å². The lowest BCUT2D eigenvalue weighted by molar-refractivity contribution is 0.583. The van der Waals surface area contributed by atoms with Gasteiger partial charge in [-0.2, -0.15) is 0 Å². The van der Waals surface area contributed by atoms with Crippen molar-refractivity contribution >= 4 is 6.08 Å². The molecule has 0 aromatic heterocycles. The smallest absolute Gasteiger partial charge is 0.00813 e. The van der Waals surface area contributed by atoms with Gasteiger partial charge in [0.25, 0.3) is 0 Å². The Hall–Kier alpha value is -4.94. The molecule has 2 unspecified atom stereocenters. The monoisotopic (exact) mass is 670 g/mol. The summed E-state index contributed by atoms with van der Waals surface area (Å²) < 4.78 is 0. The minimum Gasteiger partial charge on any atom is -0.0842 e. The number of aryl methyl sites for hydroxylation is 3. The number of hydrogen-bond acceptors (Lipinski definition) is 0. The molecule has 0 heteroatoms. The van der Waals surface area contributed by atoms with Crippen LogP contribution in [0.2, 0.25) is 0 Å². The lowest BCUT2D eigenvalue weighted by Gasteiger charge is -2.23. The second-order valence-electron chi connectivity index (χ2n) is 13.7. The molecule has 0 aliphatic heterocycles. The first kappa shape index (κ1) is 38.9. The predicted octanol–water partition coefficient (Wildman–Crippen LogP) is 14.4. The summed E-state index contributed by atoms with van der Waals surface area (Å²) >= 11 is 0. The maximum Gasteiger partial charge on any atom is 0.00813 e. The number of hydrogen-bond donors (Lipinski definition) is 0. The molecule has 0 radical (unpaired) electrons. The Kier molecular flexibility index (Phi) is 16.2. The van der Waals surface area contributed by atoms with Gasteiger partial charge in [-0.1, -0.05) is 207 Å². The number of rotatable bonds is 6. The van der Waals surface area contributed by atoms with Crippen LogP contribution < -0.4 is 0 Å². The Labute approximate surface area is 310 Å². The van der Waals surface area contributed by atoms with E-state index in [0.717, 1.165) is 19.3 Å². The third kappa shape index (κ3) is 13.0. The van der Waals surface area contributed by atoms with E-state index >= 15 is 0 Å². The lowest BCUT2D eigenvalue weighted by atomic mass is 9.81. The normalized spacial score (nSPS) is 16.7. The Morgan fingerprint density at radius 2 is 1.31 bits per heavy atom. The maximum absolute atomic E-state index is 2.29. The first-order valence-corrected chi connectivity index (χ1v) is 18.9. The molecule has 0 nitrogen and oxygen atoms in total. The molecule has 0 N–H and O–H groups in total. The van der Waals surface area contributed by atoms with E-state index in [-0.39, 0.29) is 0 Å². The van der Waals surface area contributed by atoms with Crippen LogP contribution in [-0.2, 0) is 12.8 Å². The van der Waals surface area contributed by atoms with Crippen molar-refractivity contribution in [2.24, 2.45) is 11.8 Å². The minimum atomic E-state index is 0.630. The fraction of sp³-hybridized carbons (Fsp3) is 0.255. The first-order valence-electron chi connectivity index (χ1n) is 18.9. The minimum absolute atomic E-state index is 0.630. The van der Waals surface area contributed by atoms with Crippen molar-refractivity contribution in [3.63, 3.8) is 0 Å². The molecule has 0 fully saturated rings. The van der Waals surface area contributed by atoms with Crippen LogP contribution in [0, 0.1) is 25.7 Å². The van der Waals surface area contributed by atoms with Crippen LogP contribution in [-0.4, -0.2) is 0 Å². The zero-order chi connectivity index (χ0) is 36.3. The molecule has 51 heavy (non-hydrogen) atoms. The van der Waals surface area contributed by atoms with E-state index in [2.05, 4.69) is 212 Å². The molecule has 0 spiro atoms. The van der Waals surface area contributed by atoms with Gasteiger partial charge in [-0.15, -0.1) is 0 Å². The van der Waals surface area contributed by atoms with Gasteiger partial charge >= 0.3 is 0 Å². The Morgan fingerprint density at radius 1 is 0.647 bits per heavy atom. The number of allylic oxidation sites excluding steroid dienone is 13. The molecule has 0 saturated carbocycles. The van der Waals surface area contributed by atoms with Gasteiger partial charge < -0.3 is 0 Å². The summed E-state index contributed by atoms with van der Waals surface area (Å²) in [6.45, 7) is 13.1. The average Bonchev–Trinajstić information content (AvgIpc) is 3.17. The SMILES string of the molecule is CC/C=C\c1c(CC)cccc1Cc1ccccc1.CC1=CC=CCC1.CC1C=CC=C2C=CC=CC21.Cc1ccc(-c2ccc(C)cc2)cc1. The molecule has 4 aromatic carbocycles. The third-order valence-corrected chi connectivity index (χ3v) is 9.46. The first-order chi connectivity index (χ1) is 24.9. The zero-order valence-electron chi connectivity index (χ0n) is 31.9. The van der Waals surface area contributed by atoms with Gasteiger partial charge in [-0.05, 0) is 97.7 Å². The highest BCUT2D eigenvalue weighted by Gasteiger charge is 2.18. The topological polar surface area (TPSA) is 0 Å². The fourth-order valence-corrected chi connectivity index (χ4v) is 6.29. The summed E-state index contributed by atoms with van der Waals surface area (Å²) in [6, 6.07) is 34.6. The van der Waals surface area contributed by atoms with Crippen molar-refractivity contribution in [2.75, 3.05) is 0 Å². The van der Waals surface area contributed by atoms with E-state index < -0.39 is 0 Å². The molecule has 0 heterocycles. The van der Waals surface area contributed by atoms with Crippen LogP contribution in [0.25, 0.3) is 17.2 Å². The van der Waals surface area contributed by atoms with Gasteiger partial charge in [0.2, 0.25) is 0 Å². The second-order valence-corrected chi connectivity index (χ2v) is 13.7. The van der Waals surface area contributed by atoms with Gasteiger partial charge in [-0.25, -0.2) is 0 Å². The molecule has 3 aliphatic rings.